The van der Waals surface area contributed by atoms with Gasteiger partial charge in [-0.05, 0) is 42.9 Å². The molecule has 0 spiro atoms. The Balaban J connectivity index is 1.92. The SMILES string of the molecule is CCC1(CNC(=NC)NCc2cc(C#N)ccc2F)CCCC1. The summed E-state index contributed by atoms with van der Waals surface area (Å²) in [6.45, 7) is 3.44. The van der Waals surface area contributed by atoms with E-state index < -0.39 is 0 Å². The third-order valence-electron chi connectivity index (χ3n) is 4.89. The summed E-state index contributed by atoms with van der Waals surface area (Å²) in [7, 11) is 1.71. The van der Waals surface area contributed by atoms with Crippen LogP contribution in [0.5, 0.6) is 0 Å². The van der Waals surface area contributed by atoms with E-state index in [1.54, 1.807) is 13.1 Å². The van der Waals surface area contributed by atoms with Crippen molar-refractivity contribution in [3.8, 4) is 6.07 Å². The number of nitrogens with zero attached hydrogens (tertiary/aromatic N) is 2. The van der Waals surface area contributed by atoms with Gasteiger partial charge in [0.25, 0.3) is 0 Å². The van der Waals surface area contributed by atoms with Gasteiger partial charge in [0.2, 0.25) is 0 Å². The normalized spacial score (nSPS) is 16.9. The molecule has 2 rings (SSSR count). The lowest BCUT2D eigenvalue weighted by Gasteiger charge is -2.28. The van der Waals surface area contributed by atoms with Gasteiger partial charge in [0, 0.05) is 25.7 Å². The molecule has 1 aliphatic carbocycles. The second kappa shape index (κ2) is 7.96. The average molecular weight is 316 g/mol. The molecule has 0 amide bonds. The van der Waals surface area contributed by atoms with Crippen molar-refractivity contribution >= 4 is 5.96 Å². The number of hydrogen-bond donors (Lipinski definition) is 2. The molecule has 2 N–H and O–H groups in total. The molecule has 0 radical (unpaired) electrons. The summed E-state index contributed by atoms with van der Waals surface area (Å²) in [5, 5.41) is 15.4. The van der Waals surface area contributed by atoms with Gasteiger partial charge in [-0.25, -0.2) is 4.39 Å². The molecule has 23 heavy (non-hydrogen) atoms. The van der Waals surface area contributed by atoms with Gasteiger partial charge in [0.05, 0.1) is 11.6 Å². The number of nitrogens with one attached hydrogen (secondary N) is 2. The number of hydrogen-bond acceptors (Lipinski definition) is 2. The van der Waals surface area contributed by atoms with Crippen molar-refractivity contribution in [2.24, 2.45) is 10.4 Å². The highest BCUT2D eigenvalue weighted by atomic mass is 19.1. The zero-order valence-electron chi connectivity index (χ0n) is 14.0. The molecule has 124 valence electrons. The minimum absolute atomic E-state index is 0.306. The second-order valence-electron chi connectivity index (χ2n) is 6.26. The maximum absolute atomic E-state index is 13.8. The Labute approximate surface area is 137 Å². The zero-order chi connectivity index (χ0) is 16.7. The van der Waals surface area contributed by atoms with Gasteiger partial charge in [-0.15, -0.1) is 0 Å². The number of rotatable bonds is 5. The molecule has 0 heterocycles. The van der Waals surface area contributed by atoms with Crippen LogP contribution in [0.25, 0.3) is 0 Å². The van der Waals surface area contributed by atoms with Gasteiger partial charge >= 0.3 is 0 Å². The first-order chi connectivity index (χ1) is 11.1. The standard InChI is InChI=1S/C18H25FN4/c1-3-18(8-4-5-9-18)13-23-17(21-2)22-12-15-10-14(11-20)6-7-16(15)19/h6-7,10H,3-5,8-9,12-13H2,1-2H3,(H2,21,22,23). The minimum Gasteiger partial charge on any atom is -0.356 e. The van der Waals surface area contributed by atoms with Crippen LogP contribution in [0, 0.1) is 22.6 Å². The van der Waals surface area contributed by atoms with Crippen molar-refractivity contribution in [3.05, 3.63) is 35.1 Å². The highest BCUT2D eigenvalue weighted by Crippen LogP contribution is 2.40. The van der Waals surface area contributed by atoms with Crippen LogP contribution in [0.2, 0.25) is 0 Å². The van der Waals surface area contributed by atoms with Crippen LogP contribution >= 0.6 is 0 Å². The fourth-order valence-corrected chi connectivity index (χ4v) is 3.23. The van der Waals surface area contributed by atoms with Gasteiger partial charge in [-0.2, -0.15) is 5.26 Å². The van der Waals surface area contributed by atoms with E-state index in [4.69, 9.17) is 5.26 Å². The Morgan fingerprint density at radius 2 is 2.09 bits per heavy atom. The summed E-state index contributed by atoms with van der Waals surface area (Å²) in [6.07, 6.45) is 6.27. The van der Waals surface area contributed by atoms with Crippen molar-refractivity contribution in [3.63, 3.8) is 0 Å². The highest BCUT2D eigenvalue weighted by Gasteiger charge is 2.31. The molecule has 0 aromatic heterocycles. The van der Waals surface area contributed by atoms with E-state index in [0.29, 0.717) is 29.0 Å². The fourth-order valence-electron chi connectivity index (χ4n) is 3.23. The van der Waals surface area contributed by atoms with Crippen LogP contribution < -0.4 is 10.6 Å². The summed E-state index contributed by atoms with van der Waals surface area (Å²) in [6, 6.07) is 6.41. The lowest BCUT2D eigenvalue weighted by molar-refractivity contribution is 0.283. The minimum atomic E-state index is -0.312. The number of nitriles is 1. The van der Waals surface area contributed by atoms with Crippen LogP contribution in [0.1, 0.15) is 50.2 Å². The Morgan fingerprint density at radius 1 is 1.35 bits per heavy atom. The molecule has 1 aliphatic rings. The predicted octanol–water partition coefficient (Wildman–Crippen LogP) is 3.33. The molecular weight excluding hydrogens is 291 g/mol. The zero-order valence-corrected chi connectivity index (χ0v) is 14.0. The molecule has 1 aromatic rings. The van der Waals surface area contributed by atoms with E-state index in [-0.39, 0.29) is 5.82 Å². The first-order valence-corrected chi connectivity index (χ1v) is 8.25. The van der Waals surface area contributed by atoms with E-state index in [2.05, 4.69) is 22.5 Å². The largest absolute Gasteiger partial charge is 0.356 e. The number of guanidine groups is 1. The van der Waals surface area contributed by atoms with Crippen molar-refractivity contribution in [2.45, 2.75) is 45.6 Å². The fraction of sp³-hybridized carbons (Fsp3) is 0.556. The van der Waals surface area contributed by atoms with Crippen LogP contribution in [0.4, 0.5) is 4.39 Å². The molecule has 1 saturated carbocycles. The molecule has 0 saturated heterocycles. The Kier molecular flexibility index (Phi) is 5.97. The third-order valence-corrected chi connectivity index (χ3v) is 4.89. The van der Waals surface area contributed by atoms with Crippen molar-refractivity contribution in [1.29, 1.82) is 5.26 Å². The number of aliphatic imine (C=N–C) groups is 1. The summed E-state index contributed by atoms with van der Waals surface area (Å²) < 4.78 is 13.8. The topological polar surface area (TPSA) is 60.2 Å². The van der Waals surface area contributed by atoms with Crippen molar-refractivity contribution in [1.82, 2.24) is 10.6 Å². The molecule has 0 atom stereocenters. The van der Waals surface area contributed by atoms with E-state index in [9.17, 15) is 4.39 Å². The van der Waals surface area contributed by atoms with Gasteiger partial charge < -0.3 is 10.6 Å². The van der Waals surface area contributed by atoms with Crippen LogP contribution in [-0.4, -0.2) is 19.6 Å². The van der Waals surface area contributed by atoms with E-state index in [1.807, 2.05) is 6.07 Å². The summed E-state index contributed by atoms with van der Waals surface area (Å²) in [5.74, 6) is 0.360. The predicted molar refractivity (Wildman–Crippen MR) is 90.5 cm³/mol. The van der Waals surface area contributed by atoms with Crippen molar-refractivity contribution in [2.75, 3.05) is 13.6 Å². The first-order valence-electron chi connectivity index (χ1n) is 8.25. The Hall–Kier alpha value is -2.09. The maximum atomic E-state index is 13.8. The Morgan fingerprint density at radius 3 is 2.70 bits per heavy atom. The molecule has 1 aromatic carbocycles. The summed E-state index contributed by atoms with van der Waals surface area (Å²) in [5.41, 5.74) is 1.30. The van der Waals surface area contributed by atoms with Crippen LogP contribution in [0.15, 0.2) is 23.2 Å². The van der Waals surface area contributed by atoms with Crippen molar-refractivity contribution < 1.29 is 4.39 Å². The second-order valence-corrected chi connectivity index (χ2v) is 6.26. The van der Waals surface area contributed by atoms with Crippen LogP contribution in [0.3, 0.4) is 0 Å². The Bertz CT molecular complexity index is 598. The molecule has 0 unspecified atom stereocenters. The third kappa shape index (κ3) is 4.44. The van der Waals surface area contributed by atoms with Gasteiger partial charge in [-0.3, -0.25) is 4.99 Å². The van der Waals surface area contributed by atoms with Gasteiger partial charge in [0.1, 0.15) is 5.82 Å². The smallest absolute Gasteiger partial charge is 0.191 e. The highest BCUT2D eigenvalue weighted by molar-refractivity contribution is 5.79. The summed E-state index contributed by atoms with van der Waals surface area (Å²) >= 11 is 0. The van der Waals surface area contributed by atoms with E-state index in [0.717, 1.165) is 13.0 Å². The van der Waals surface area contributed by atoms with Gasteiger partial charge in [-0.1, -0.05) is 19.8 Å². The molecule has 0 bridgehead atoms. The maximum Gasteiger partial charge on any atom is 0.191 e. The molecule has 5 heteroatoms. The molecule has 1 fully saturated rings. The monoisotopic (exact) mass is 316 g/mol. The van der Waals surface area contributed by atoms with Crippen LogP contribution in [-0.2, 0) is 6.54 Å². The number of benzene rings is 1. The first kappa shape index (κ1) is 17.3. The summed E-state index contributed by atoms with van der Waals surface area (Å²) in [4.78, 5) is 4.21. The lowest BCUT2D eigenvalue weighted by Crippen LogP contribution is -2.42. The molecule has 4 nitrogen and oxygen atoms in total. The average Bonchev–Trinajstić information content (AvgIpc) is 3.06. The molecule has 0 aliphatic heterocycles. The van der Waals surface area contributed by atoms with Gasteiger partial charge in [0.15, 0.2) is 5.96 Å². The van der Waals surface area contributed by atoms with E-state index >= 15 is 0 Å². The quantitative estimate of drug-likeness (QED) is 0.647. The molecular formula is C18H25FN4. The number of halogens is 1. The van der Waals surface area contributed by atoms with E-state index in [1.165, 1.54) is 37.8 Å². The lowest BCUT2D eigenvalue weighted by atomic mass is 9.83.